The predicted octanol–water partition coefficient (Wildman–Crippen LogP) is 10.7. The average molecular weight is 526 g/mol. The van der Waals surface area contributed by atoms with Gasteiger partial charge in [-0.1, -0.05) is 98.8 Å². The van der Waals surface area contributed by atoms with Gasteiger partial charge in [0.25, 0.3) is 0 Å². The Morgan fingerprint density at radius 3 is 2.12 bits per heavy atom. The summed E-state index contributed by atoms with van der Waals surface area (Å²) >= 11 is 0. The van der Waals surface area contributed by atoms with E-state index in [1.54, 1.807) is 0 Å². The first-order valence-electron chi connectivity index (χ1n) is 14.3. The SMILES string of the molecule is CC1(C)c2ccccc2-c2cc(-c3ccc(-n4c5ccccc5c5ccc6oc7ccccc7c6c54)cc3)ccc21. The number of fused-ring (bicyclic) bond motifs is 10. The lowest BCUT2D eigenvalue weighted by atomic mass is 9.82. The quantitative estimate of drug-likeness (QED) is 0.219. The molecular formula is C39H27NO. The summed E-state index contributed by atoms with van der Waals surface area (Å²) in [5, 5.41) is 4.80. The van der Waals surface area contributed by atoms with Gasteiger partial charge in [-0.25, -0.2) is 0 Å². The van der Waals surface area contributed by atoms with Gasteiger partial charge in [-0.15, -0.1) is 0 Å². The summed E-state index contributed by atoms with van der Waals surface area (Å²) in [6.45, 7) is 4.66. The van der Waals surface area contributed by atoms with E-state index in [-0.39, 0.29) is 5.41 Å². The smallest absolute Gasteiger partial charge is 0.137 e. The number of furan rings is 1. The maximum absolute atomic E-state index is 6.29. The number of hydrogen-bond acceptors (Lipinski definition) is 1. The van der Waals surface area contributed by atoms with E-state index in [1.165, 1.54) is 60.6 Å². The second kappa shape index (κ2) is 7.99. The molecule has 0 amide bonds. The lowest BCUT2D eigenvalue weighted by Gasteiger charge is -2.21. The molecule has 0 atom stereocenters. The zero-order valence-corrected chi connectivity index (χ0v) is 23.0. The Hall–Kier alpha value is -5.08. The van der Waals surface area contributed by atoms with Crippen LogP contribution in [0.5, 0.6) is 0 Å². The summed E-state index contributed by atoms with van der Waals surface area (Å²) in [7, 11) is 0. The van der Waals surface area contributed by atoms with E-state index >= 15 is 0 Å². The largest absolute Gasteiger partial charge is 0.456 e. The molecule has 0 N–H and O–H groups in total. The molecule has 2 aromatic heterocycles. The molecule has 0 bridgehead atoms. The van der Waals surface area contributed by atoms with Crippen molar-refractivity contribution >= 4 is 43.7 Å². The van der Waals surface area contributed by atoms with E-state index < -0.39 is 0 Å². The van der Waals surface area contributed by atoms with Gasteiger partial charge in [0, 0.05) is 27.3 Å². The molecule has 0 spiro atoms. The number of aromatic nitrogens is 1. The molecule has 0 fully saturated rings. The van der Waals surface area contributed by atoms with Crippen molar-refractivity contribution in [3.05, 3.63) is 139 Å². The van der Waals surface area contributed by atoms with Crippen LogP contribution in [0.3, 0.4) is 0 Å². The number of rotatable bonds is 2. The van der Waals surface area contributed by atoms with Crippen molar-refractivity contribution in [1.82, 2.24) is 4.57 Å². The molecule has 0 saturated heterocycles. The van der Waals surface area contributed by atoms with Crippen LogP contribution in [0.1, 0.15) is 25.0 Å². The summed E-state index contributed by atoms with van der Waals surface area (Å²) < 4.78 is 8.69. The normalized spacial score (nSPS) is 13.8. The van der Waals surface area contributed by atoms with E-state index in [1.807, 2.05) is 6.07 Å². The van der Waals surface area contributed by atoms with Crippen LogP contribution in [0, 0.1) is 0 Å². The molecule has 0 unspecified atom stereocenters. The highest BCUT2D eigenvalue weighted by atomic mass is 16.3. The second-order valence-electron chi connectivity index (χ2n) is 11.8. The van der Waals surface area contributed by atoms with Gasteiger partial charge in [-0.05, 0) is 75.8 Å². The first kappa shape index (κ1) is 22.7. The topological polar surface area (TPSA) is 18.1 Å². The number of para-hydroxylation sites is 2. The maximum Gasteiger partial charge on any atom is 0.137 e. The van der Waals surface area contributed by atoms with Gasteiger partial charge < -0.3 is 8.98 Å². The van der Waals surface area contributed by atoms with Gasteiger partial charge in [0.2, 0.25) is 0 Å². The predicted molar refractivity (Wildman–Crippen MR) is 171 cm³/mol. The van der Waals surface area contributed by atoms with Crippen LogP contribution >= 0.6 is 0 Å². The second-order valence-corrected chi connectivity index (χ2v) is 11.8. The van der Waals surface area contributed by atoms with Crippen molar-refractivity contribution in [2.24, 2.45) is 0 Å². The monoisotopic (exact) mass is 525 g/mol. The Labute approximate surface area is 238 Å². The molecule has 1 aliphatic rings. The van der Waals surface area contributed by atoms with Crippen LogP contribution in [0.2, 0.25) is 0 Å². The van der Waals surface area contributed by atoms with Crippen LogP contribution < -0.4 is 0 Å². The minimum absolute atomic E-state index is 0.0213. The van der Waals surface area contributed by atoms with Crippen molar-refractivity contribution in [3.63, 3.8) is 0 Å². The molecular weight excluding hydrogens is 498 g/mol. The molecule has 6 aromatic carbocycles. The highest BCUT2D eigenvalue weighted by molar-refractivity contribution is 6.24. The number of nitrogens with zero attached hydrogens (tertiary/aromatic N) is 1. The first-order chi connectivity index (χ1) is 20.1. The van der Waals surface area contributed by atoms with E-state index in [0.717, 1.165) is 22.2 Å². The summed E-state index contributed by atoms with van der Waals surface area (Å²) in [4.78, 5) is 0. The third kappa shape index (κ3) is 3.02. The molecule has 0 saturated carbocycles. The Morgan fingerprint density at radius 2 is 1.24 bits per heavy atom. The Morgan fingerprint density at radius 1 is 0.537 bits per heavy atom. The fourth-order valence-electron chi connectivity index (χ4n) is 7.24. The van der Waals surface area contributed by atoms with Gasteiger partial charge in [0.1, 0.15) is 11.2 Å². The summed E-state index contributed by atoms with van der Waals surface area (Å²) in [6.07, 6.45) is 0. The third-order valence-corrected chi connectivity index (χ3v) is 9.22. The minimum atomic E-state index is 0.0213. The zero-order chi connectivity index (χ0) is 27.3. The molecule has 8 aromatic rings. The first-order valence-corrected chi connectivity index (χ1v) is 14.3. The Balaban J connectivity index is 1.24. The lowest BCUT2D eigenvalue weighted by molar-refractivity contribution is 0.660. The van der Waals surface area contributed by atoms with E-state index in [0.29, 0.717) is 0 Å². The average Bonchev–Trinajstić information content (AvgIpc) is 3.63. The van der Waals surface area contributed by atoms with E-state index in [4.69, 9.17) is 4.42 Å². The molecule has 41 heavy (non-hydrogen) atoms. The van der Waals surface area contributed by atoms with Gasteiger partial charge in [-0.2, -0.15) is 0 Å². The fourth-order valence-corrected chi connectivity index (χ4v) is 7.24. The van der Waals surface area contributed by atoms with Crippen molar-refractivity contribution < 1.29 is 4.42 Å². The third-order valence-electron chi connectivity index (χ3n) is 9.22. The highest BCUT2D eigenvalue weighted by Gasteiger charge is 2.35. The van der Waals surface area contributed by atoms with Crippen LogP contribution in [-0.4, -0.2) is 4.57 Å². The minimum Gasteiger partial charge on any atom is -0.456 e. The molecule has 0 radical (unpaired) electrons. The molecule has 9 rings (SSSR count). The molecule has 1 aliphatic carbocycles. The van der Waals surface area contributed by atoms with Gasteiger partial charge in [0.05, 0.1) is 16.4 Å². The van der Waals surface area contributed by atoms with Crippen molar-refractivity contribution in [2.45, 2.75) is 19.3 Å². The van der Waals surface area contributed by atoms with Crippen molar-refractivity contribution in [1.29, 1.82) is 0 Å². The fraction of sp³-hybridized carbons (Fsp3) is 0.0769. The van der Waals surface area contributed by atoms with Gasteiger partial charge >= 0.3 is 0 Å². The Bertz CT molecular complexity index is 2330. The number of benzene rings is 6. The molecule has 2 heteroatoms. The highest BCUT2D eigenvalue weighted by Crippen LogP contribution is 2.49. The van der Waals surface area contributed by atoms with E-state index in [2.05, 4.69) is 140 Å². The molecule has 0 aliphatic heterocycles. The Kier molecular flexibility index (Phi) is 4.42. The van der Waals surface area contributed by atoms with Crippen LogP contribution in [-0.2, 0) is 5.41 Å². The maximum atomic E-state index is 6.29. The zero-order valence-electron chi connectivity index (χ0n) is 23.0. The summed E-state index contributed by atoms with van der Waals surface area (Å²) in [5.41, 5.74) is 13.4. The van der Waals surface area contributed by atoms with Crippen LogP contribution in [0.4, 0.5) is 0 Å². The van der Waals surface area contributed by atoms with Crippen molar-refractivity contribution in [2.75, 3.05) is 0 Å². The molecule has 194 valence electrons. The summed E-state index contributed by atoms with van der Waals surface area (Å²) in [6, 6.07) is 46.2. The molecule has 2 heterocycles. The molecule has 2 nitrogen and oxygen atoms in total. The van der Waals surface area contributed by atoms with Crippen molar-refractivity contribution in [3.8, 4) is 27.9 Å². The van der Waals surface area contributed by atoms with Gasteiger partial charge in [-0.3, -0.25) is 0 Å². The summed E-state index contributed by atoms with van der Waals surface area (Å²) in [5.74, 6) is 0. The standard InChI is InChI=1S/C39H27NO/c1-39(2)32-12-6-3-9-27(32)31-23-25(17-21-33(31)39)24-15-18-26(19-16-24)40-34-13-7-4-10-28(34)29-20-22-36-37(38(29)40)30-11-5-8-14-35(30)41-36/h3-23H,1-2H3. The van der Waals surface area contributed by atoms with Crippen LogP contribution in [0.25, 0.3) is 71.7 Å². The van der Waals surface area contributed by atoms with Gasteiger partial charge in [0.15, 0.2) is 0 Å². The lowest BCUT2D eigenvalue weighted by Crippen LogP contribution is -2.14. The van der Waals surface area contributed by atoms with E-state index in [9.17, 15) is 0 Å². The van der Waals surface area contributed by atoms with Crippen LogP contribution in [0.15, 0.2) is 132 Å². The number of hydrogen-bond donors (Lipinski definition) is 0.